The highest BCUT2D eigenvalue weighted by Crippen LogP contribution is 2.63. The van der Waals surface area contributed by atoms with Crippen molar-refractivity contribution in [2.75, 3.05) is 0 Å². The Morgan fingerprint density at radius 1 is 0.475 bits per heavy atom. The molecule has 2 aliphatic carbocycles. The summed E-state index contributed by atoms with van der Waals surface area (Å²) in [6, 6.07) is 47.0. The highest BCUT2D eigenvalue weighted by molar-refractivity contribution is 9.10. The average Bonchev–Trinajstić information content (AvgIpc) is 3.47. The van der Waals surface area contributed by atoms with Crippen LogP contribution in [0.4, 0.5) is 0 Å². The second kappa shape index (κ2) is 8.00. The van der Waals surface area contributed by atoms with E-state index in [-0.39, 0.29) is 5.41 Å². The van der Waals surface area contributed by atoms with E-state index >= 15 is 0 Å². The van der Waals surface area contributed by atoms with Gasteiger partial charge in [0.05, 0.1) is 10.9 Å². The van der Waals surface area contributed by atoms with Crippen LogP contribution < -0.4 is 0 Å². The van der Waals surface area contributed by atoms with Gasteiger partial charge in [-0.2, -0.15) is 0 Å². The lowest BCUT2D eigenvalue weighted by Crippen LogP contribution is -2.25. The minimum Gasteiger partial charge on any atom is -0.256 e. The summed E-state index contributed by atoms with van der Waals surface area (Å²) >= 11 is 3.81. The molecule has 0 radical (unpaired) electrons. The Balaban J connectivity index is 1.41. The topological polar surface area (TPSA) is 12.9 Å². The number of halogens is 1. The maximum absolute atomic E-state index is 4.84. The minimum atomic E-state index is -0.372. The number of hydrogen-bond acceptors (Lipinski definition) is 1. The summed E-state index contributed by atoms with van der Waals surface area (Å²) in [5.74, 6) is 0. The van der Waals surface area contributed by atoms with Gasteiger partial charge in [0.1, 0.15) is 0 Å². The third-order valence-electron chi connectivity index (χ3n) is 8.98. The predicted octanol–water partition coefficient (Wildman–Crippen LogP) is 10.2. The smallest absolute Gasteiger partial charge is 0.0786 e. The van der Waals surface area contributed by atoms with Gasteiger partial charge in [0, 0.05) is 21.4 Å². The lowest BCUT2D eigenvalue weighted by atomic mass is 9.70. The van der Waals surface area contributed by atoms with E-state index < -0.39 is 0 Å². The molecule has 0 saturated heterocycles. The van der Waals surface area contributed by atoms with E-state index in [0.29, 0.717) is 0 Å². The van der Waals surface area contributed by atoms with Gasteiger partial charge in [0.15, 0.2) is 0 Å². The van der Waals surface area contributed by atoms with Crippen LogP contribution >= 0.6 is 15.9 Å². The molecule has 1 unspecified atom stereocenters. The summed E-state index contributed by atoms with van der Waals surface area (Å²) in [6.07, 6.45) is 1.90. The van der Waals surface area contributed by atoms with Gasteiger partial charge in [-0.1, -0.05) is 119 Å². The van der Waals surface area contributed by atoms with Crippen molar-refractivity contribution in [1.82, 2.24) is 4.98 Å². The average molecular weight is 573 g/mol. The summed E-state index contributed by atoms with van der Waals surface area (Å²) in [5, 5.41) is 3.58. The second-order valence-corrected chi connectivity index (χ2v) is 11.8. The largest absolute Gasteiger partial charge is 0.256 e. The zero-order valence-corrected chi connectivity index (χ0v) is 23.1. The van der Waals surface area contributed by atoms with Gasteiger partial charge in [-0.15, -0.1) is 0 Å². The number of benzene rings is 6. The van der Waals surface area contributed by atoms with Crippen LogP contribution in [0.15, 0.2) is 138 Å². The number of aromatic nitrogens is 1. The highest BCUT2D eigenvalue weighted by atomic mass is 79.9. The molecule has 40 heavy (non-hydrogen) atoms. The molecule has 1 nitrogen and oxygen atoms in total. The number of rotatable bonds is 1. The maximum atomic E-state index is 4.84. The molecule has 0 amide bonds. The van der Waals surface area contributed by atoms with E-state index in [0.717, 1.165) is 15.4 Å². The van der Waals surface area contributed by atoms with Gasteiger partial charge in [0.25, 0.3) is 0 Å². The Morgan fingerprint density at radius 2 is 1.10 bits per heavy atom. The molecule has 1 aromatic heterocycles. The van der Waals surface area contributed by atoms with Crippen LogP contribution in [0.3, 0.4) is 0 Å². The van der Waals surface area contributed by atoms with E-state index in [9.17, 15) is 0 Å². The minimum absolute atomic E-state index is 0.372. The first-order chi connectivity index (χ1) is 19.7. The monoisotopic (exact) mass is 571 g/mol. The fourth-order valence-electron chi connectivity index (χ4n) is 7.43. The van der Waals surface area contributed by atoms with Crippen LogP contribution in [0, 0.1) is 0 Å². The van der Waals surface area contributed by atoms with E-state index in [1.165, 1.54) is 66.4 Å². The van der Waals surface area contributed by atoms with E-state index in [1.807, 2.05) is 12.3 Å². The standard InChI is InChI=1S/C38H22BrN/c39-26-17-19-31-29-10-2-4-13-33(29)38(35(31)22-26)32-12-3-1-9-28(32)30-18-16-25(21-34(30)38)27-11-5-7-23-14-15-24-8-6-20-40-37(24)36(23)27/h1-22H. The molecule has 0 N–H and O–H groups in total. The highest BCUT2D eigenvalue weighted by Gasteiger charge is 2.51. The van der Waals surface area contributed by atoms with Gasteiger partial charge in [0.2, 0.25) is 0 Å². The molecule has 1 heterocycles. The molecule has 1 spiro atoms. The zero-order valence-electron chi connectivity index (χ0n) is 21.5. The van der Waals surface area contributed by atoms with Crippen LogP contribution in [0.2, 0.25) is 0 Å². The summed E-state index contributed by atoms with van der Waals surface area (Å²) in [5.41, 5.74) is 13.8. The van der Waals surface area contributed by atoms with Crippen molar-refractivity contribution in [3.05, 3.63) is 160 Å². The van der Waals surface area contributed by atoms with Crippen LogP contribution in [-0.2, 0) is 5.41 Å². The summed E-state index contributed by atoms with van der Waals surface area (Å²) in [6.45, 7) is 0. The molecule has 0 saturated carbocycles. The number of nitrogens with zero attached hydrogens (tertiary/aromatic N) is 1. The van der Waals surface area contributed by atoms with Crippen LogP contribution in [0.25, 0.3) is 55.1 Å². The zero-order chi connectivity index (χ0) is 26.4. The fraction of sp³-hybridized carbons (Fsp3) is 0.0263. The Labute approximate surface area is 240 Å². The molecular weight excluding hydrogens is 550 g/mol. The molecule has 6 aromatic carbocycles. The molecule has 9 rings (SSSR count). The van der Waals surface area contributed by atoms with Crippen molar-refractivity contribution in [3.8, 4) is 33.4 Å². The van der Waals surface area contributed by atoms with Gasteiger partial charge in [-0.3, -0.25) is 4.98 Å². The Morgan fingerprint density at radius 3 is 1.90 bits per heavy atom. The van der Waals surface area contributed by atoms with Crippen molar-refractivity contribution < 1.29 is 0 Å². The molecule has 0 bridgehead atoms. The number of pyridine rings is 1. The van der Waals surface area contributed by atoms with Crippen molar-refractivity contribution in [3.63, 3.8) is 0 Å². The van der Waals surface area contributed by atoms with Crippen molar-refractivity contribution in [1.29, 1.82) is 0 Å². The molecule has 7 aromatic rings. The van der Waals surface area contributed by atoms with Crippen LogP contribution in [0.1, 0.15) is 22.3 Å². The number of hydrogen-bond donors (Lipinski definition) is 0. The van der Waals surface area contributed by atoms with Gasteiger partial charge in [-0.25, -0.2) is 0 Å². The van der Waals surface area contributed by atoms with Crippen LogP contribution in [0.5, 0.6) is 0 Å². The van der Waals surface area contributed by atoms with Crippen molar-refractivity contribution >= 4 is 37.6 Å². The Hall–Kier alpha value is -4.53. The summed E-state index contributed by atoms with van der Waals surface area (Å²) in [4.78, 5) is 4.84. The van der Waals surface area contributed by atoms with E-state index in [1.54, 1.807) is 0 Å². The quantitative estimate of drug-likeness (QED) is 0.178. The first-order valence-corrected chi connectivity index (χ1v) is 14.5. The van der Waals surface area contributed by atoms with Crippen molar-refractivity contribution in [2.24, 2.45) is 0 Å². The lowest BCUT2D eigenvalue weighted by molar-refractivity contribution is 0.793. The number of fused-ring (bicyclic) bond motifs is 13. The first-order valence-electron chi connectivity index (χ1n) is 13.7. The molecular formula is C38H22BrN. The van der Waals surface area contributed by atoms with E-state index in [4.69, 9.17) is 4.98 Å². The van der Waals surface area contributed by atoms with Gasteiger partial charge < -0.3 is 0 Å². The Kier molecular flexibility index (Phi) is 4.46. The van der Waals surface area contributed by atoms with Gasteiger partial charge >= 0.3 is 0 Å². The molecule has 2 aliphatic rings. The van der Waals surface area contributed by atoms with Gasteiger partial charge in [-0.05, 0) is 85.3 Å². The molecule has 2 heteroatoms. The molecule has 1 atom stereocenters. The third-order valence-corrected chi connectivity index (χ3v) is 9.47. The second-order valence-electron chi connectivity index (χ2n) is 10.8. The summed E-state index contributed by atoms with van der Waals surface area (Å²) in [7, 11) is 0. The predicted molar refractivity (Wildman–Crippen MR) is 169 cm³/mol. The lowest BCUT2D eigenvalue weighted by Gasteiger charge is -2.31. The van der Waals surface area contributed by atoms with Crippen molar-refractivity contribution in [2.45, 2.75) is 5.41 Å². The maximum Gasteiger partial charge on any atom is 0.0786 e. The summed E-state index contributed by atoms with van der Waals surface area (Å²) < 4.78 is 1.10. The van der Waals surface area contributed by atoms with Crippen LogP contribution in [-0.4, -0.2) is 4.98 Å². The first kappa shape index (κ1) is 22.3. The normalized spacial score (nSPS) is 16.2. The molecule has 186 valence electrons. The third kappa shape index (κ3) is 2.74. The van der Waals surface area contributed by atoms with E-state index in [2.05, 4.69) is 137 Å². The molecule has 0 aliphatic heterocycles. The SMILES string of the molecule is Brc1ccc2c(c1)C1(c3ccccc3-2)c2ccccc2-c2ccc(-c3cccc4ccc5cccnc5c34)cc21. The fourth-order valence-corrected chi connectivity index (χ4v) is 7.79. The molecule has 0 fully saturated rings. The Bertz CT molecular complexity index is 2180.